The van der Waals surface area contributed by atoms with Crippen molar-refractivity contribution >= 4 is 21.6 Å². The number of hydrogen-bond donors (Lipinski definition) is 0. The zero-order valence-corrected chi connectivity index (χ0v) is 19.0. The zero-order valence-electron chi connectivity index (χ0n) is 18.2. The number of nitrogens with zero attached hydrogens (tertiary/aromatic N) is 3. The van der Waals surface area contributed by atoms with E-state index < -0.39 is 21.8 Å². The number of aromatic nitrogens is 1. The summed E-state index contributed by atoms with van der Waals surface area (Å²) in [6.07, 6.45) is -0.418. The lowest BCUT2D eigenvalue weighted by molar-refractivity contribution is -0.137. The van der Waals surface area contributed by atoms with Crippen LogP contribution >= 0.6 is 0 Å². The number of piperidine rings is 1. The molecule has 0 saturated carbocycles. The van der Waals surface area contributed by atoms with Crippen LogP contribution in [0.5, 0.6) is 5.88 Å². The van der Waals surface area contributed by atoms with Crippen LogP contribution in [0.1, 0.15) is 49.0 Å². The summed E-state index contributed by atoms with van der Waals surface area (Å²) in [7, 11) is -4.21. The quantitative estimate of drug-likeness (QED) is 0.657. The van der Waals surface area contributed by atoms with Gasteiger partial charge in [0.1, 0.15) is 12.3 Å². The van der Waals surface area contributed by atoms with Gasteiger partial charge in [0.15, 0.2) is 0 Å². The molecule has 1 aromatic carbocycles. The molecule has 33 heavy (non-hydrogen) atoms. The first-order valence-corrected chi connectivity index (χ1v) is 12.1. The number of anilines is 1. The van der Waals surface area contributed by atoms with Crippen molar-refractivity contribution in [1.82, 2.24) is 9.88 Å². The minimum atomic E-state index is -4.57. The maximum absolute atomic E-state index is 13.3. The average molecular weight is 484 g/mol. The Kier molecular flexibility index (Phi) is 6.02. The molecule has 1 saturated heterocycles. The number of ether oxygens (including phenoxy) is 1. The van der Waals surface area contributed by atoms with Crippen molar-refractivity contribution in [2.75, 3.05) is 17.5 Å². The van der Waals surface area contributed by atoms with Crippen LogP contribution in [-0.4, -0.2) is 49.4 Å². The molecule has 2 atom stereocenters. The van der Waals surface area contributed by atoms with Crippen molar-refractivity contribution in [3.8, 4) is 5.88 Å². The number of likely N-dealkylation sites (tertiary alicyclic amines) is 1. The van der Waals surface area contributed by atoms with Gasteiger partial charge >= 0.3 is 6.18 Å². The molecular formula is C22H24F3N3O4S. The second-order valence-corrected chi connectivity index (χ2v) is 10.2. The molecule has 0 spiro atoms. The fraction of sp³-hybridized carbons (Fsp3) is 0.455. The van der Waals surface area contributed by atoms with Crippen LogP contribution in [-0.2, 0) is 16.2 Å². The summed E-state index contributed by atoms with van der Waals surface area (Å²) >= 11 is 0. The van der Waals surface area contributed by atoms with E-state index in [1.807, 2.05) is 13.8 Å². The van der Waals surface area contributed by atoms with Gasteiger partial charge in [0.05, 0.1) is 22.6 Å². The van der Waals surface area contributed by atoms with Gasteiger partial charge in [-0.2, -0.15) is 13.2 Å². The molecule has 2 aromatic rings. The first-order valence-electron chi connectivity index (χ1n) is 10.7. The number of halogens is 3. The summed E-state index contributed by atoms with van der Waals surface area (Å²) in [5, 5.41) is 0. The van der Waals surface area contributed by atoms with Crippen LogP contribution in [0.3, 0.4) is 0 Å². The van der Waals surface area contributed by atoms with E-state index in [-0.39, 0.29) is 53.2 Å². The van der Waals surface area contributed by atoms with E-state index >= 15 is 0 Å². The standard InChI is InChI=1S/C22H24F3N3O4S/c1-14-4-3-5-15(2)28(14)21(29)16-12-19-20(26-13-16)32-11-10-27(19)33(30,31)18-8-6-17(7-9-18)22(23,24)25/h6-9,12-15H,3-5,10-11H2,1-2H3/t14-,15+. The molecule has 0 radical (unpaired) electrons. The van der Waals surface area contributed by atoms with Gasteiger partial charge in [-0.3, -0.25) is 9.10 Å². The normalized spacial score (nSPS) is 21.4. The fourth-order valence-corrected chi connectivity index (χ4v) is 5.80. The van der Waals surface area contributed by atoms with Gasteiger partial charge < -0.3 is 9.64 Å². The molecule has 2 aliphatic rings. The van der Waals surface area contributed by atoms with Gasteiger partial charge in [-0.25, -0.2) is 13.4 Å². The van der Waals surface area contributed by atoms with Gasteiger partial charge in [0.2, 0.25) is 5.88 Å². The van der Waals surface area contributed by atoms with E-state index in [0.717, 1.165) is 47.8 Å². The Morgan fingerprint density at radius 1 is 1.12 bits per heavy atom. The lowest BCUT2D eigenvalue weighted by Crippen LogP contribution is -2.47. The second kappa shape index (κ2) is 8.51. The highest BCUT2D eigenvalue weighted by Gasteiger charge is 2.35. The van der Waals surface area contributed by atoms with Gasteiger partial charge in [-0.05, 0) is 63.4 Å². The number of fused-ring (bicyclic) bond motifs is 1. The number of pyridine rings is 1. The van der Waals surface area contributed by atoms with Crippen LogP contribution < -0.4 is 9.04 Å². The van der Waals surface area contributed by atoms with Crippen LogP contribution in [0.2, 0.25) is 0 Å². The highest BCUT2D eigenvalue weighted by molar-refractivity contribution is 7.92. The van der Waals surface area contributed by atoms with Crippen molar-refractivity contribution in [2.45, 2.75) is 56.3 Å². The number of rotatable bonds is 3. The summed E-state index contributed by atoms with van der Waals surface area (Å²) in [5.74, 6) is -0.199. The Labute approximate surface area is 190 Å². The molecule has 1 amide bonds. The van der Waals surface area contributed by atoms with Gasteiger partial charge in [-0.1, -0.05) is 0 Å². The SMILES string of the molecule is C[C@@H]1CCC[C@H](C)N1C(=O)c1cnc2c(c1)N(S(=O)(=O)c1ccc(C(F)(F)F)cc1)CCO2. The molecule has 0 unspecified atom stereocenters. The molecule has 0 N–H and O–H groups in total. The summed E-state index contributed by atoms with van der Waals surface area (Å²) in [5.41, 5.74) is -0.625. The molecule has 3 heterocycles. The average Bonchev–Trinajstić information content (AvgIpc) is 2.77. The highest BCUT2D eigenvalue weighted by atomic mass is 32.2. The number of alkyl halides is 3. The third kappa shape index (κ3) is 4.38. The lowest BCUT2D eigenvalue weighted by Gasteiger charge is -2.39. The van der Waals surface area contributed by atoms with Gasteiger partial charge in [0.25, 0.3) is 15.9 Å². The molecule has 7 nitrogen and oxygen atoms in total. The second-order valence-electron chi connectivity index (χ2n) is 8.34. The third-order valence-electron chi connectivity index (χ3n) is 6.08. The van der Waals surface area contributed by atoms with E-state index in [9.17, 15) is 26.4 Å². The minimum Gasteiger partial charge on any atom is -0.474 e. The molecule has 2 aliphatic heterocycles. The van der Waals surface area contributed by atoms with Crippen molar-refractivity contribution in [2.24, 2.45) is 0 Å². The molecule has 1 fully saturated rings. The molecular weight excluding hydrogens is 459 g/mol. The van der Waals surface area contributed by atoms with Crippen molar-refractivity contribution in [3.63, 3.8) is 0 Å². The van der Waals surface area contributed by atoms with E-state index in [1.165, 1.54) is 12.3 Å². The largest absolute Gasteiger partial charge is 0.474 e. The predicted molar refractivity (Wildman–Crippen MR) is 115 cm³/mol. The zero-order chi connectivity index (χ0) is 24.0. The van der Waals surface area contributed by atoms with Crippen LogP contribution in [0.4, 0.5) is 18.9 Å². The van der Waals surface area contributed by atoms with Gasteiger partial charge in [-0.15, -0.1) is 0 Å². The number of sulfonamides is 1. The van der Waals surface area contributed by atoms with Crippen molar-refractivity contribution in [1.29, 1.82) is 0 Å². The number of carbonyl (C=O) groups excluding carboxylic acids is 1. The van der Waals surface area contributed by atoms with Crippen LogP contribution in [0.25, 0.3) is 0 Å². The number of benzene rings is 1. The van der Waals surface area contributed by atoms with E-state index in [1.54, 1.807) is 4.90 Å². The lowest BCUT2D eigenvalue weighted by atomic mass is 9.96. The smallest absolute Gasteiger partial charge is 0.416 e. The van der Waals surface area contributed by atoms with Crippen molar-refractivity contribution < 1.29 is 31.1 Å². The molecule has 4 rings (SSSR count). The monoisotopic (exact) mass is 483 g/mol. The molecule has 11 heteroatoms. The Bertz CT molecular complexity index is 1140. The number of hydrogen-bond acceptors (Lipinski definition) is 5. The van der Waals surface area contributed by atoms with E-state index in [0.29, 0.717) is 0 Å². The van der Waals surface area contributed by atoms with Crippen LogP contribution in [0, 0.1) is 0 Å². The maximum atomic E-state index is 13.3. The first-order chi connectivity index (χ1) is 15.5. The Morgan fingerprint density at radius 2 is 1.76 bits per heavy atom. The Hall–Kier alpha value is -2.82. The molecule has 1 aromatic heterocycles. The number of amides is 1. The van der Waals surface area contributed by atoms with E-state index in [2.05, 4.69) is 4.98 Å². The van der Waals surface area contributed by atoms with Gasteiger partial charge in [0, 0.05) is 18.3 Å². The number of carbonyl (C=O) groups is 1. The summed E-state index contributed by atoms with van der Waals surface area (Å²) < 4.78 is 71.7. The minimum absolute atomic E-state index is 0.0212. The maximum Gasteiger partial charge on any atom is 0.416 e. The summed E-state index contributed by atoms with van der Waals surface area (Å²) in [6.45, 7) is 3.91. The fourth-order valence-electron chi connectivity index (χ4n) is 4.36. The molecule has 178 valence electrons. The van der Waals surface area contributed by atoms with E-state index in [4.69, 9.17) is 4.74 Å². The topological polar surface area (TPSA) is 79.8 Å². The summed E-state index contributed by atoms with van der Waals surface area (Å²) in [4.78, 5) is 18.9. The summed E-state index contributed by atoms with van der Waals surface area (Å²) in [6, 6.07) is 4.82. The Morgan fingerprint density at radius 3 is 2.36 bits per heavy atom. The third-order valence-corrected chi connectivity index (χ3v) is 7.91. The van der Waals surface area contributed by atoms with Crippen molar-refractivity contribution in [3.05, 3.63) is 47.7 Å². The Balaban J connectivity index is 1.69. The highest BCUT2D eigenvalue weighted by Crippen LogP contribution is 2.36. The molecule has 0 aliphatic carbocycles. The predicted octanol–water partition coefficient (Wildman–Crippen LogP) is 4.09. The molecule has 0 bridgehead atoms. The van der Waals surface area contributed by atoms with Crippen LogP contribution in [0.15, 0.2) is 41.4 Å². The first kappa shape index (κ1) is 23.3.